The average Bonchev–Trinajstić information content (AvgIpc) is 3.55. The number of benzene rings is 1. The molecule has 0 saturated heterocycles. The third-order valence-electron chi connectivity index (χ3n) is 15.3. The lowest BCUT2D eigenvalue weighted by molar-refractivity contribution is 0.0345. The lowest BCUT2D eigenvalue weighted by atomic mass is 9.54. The van der Waals surface area contributed by atoms with Crippen molar-refractivity contribution in [3.63, 3.8) is 0 Å². The van der Waals surface area contributed by atoms with Crippen molar-refractivity contribution < 1.29 is 4.42 Å². The second kappa shape index (κ2) is 19.2. The highest BCUT2D eigenvalue weighted by Gasteiger charge is 2.45. The molecule has 0 spiro atoms. The summed E-state index contributed by atoms with van der Waals surface area (Å²) in [7, 11) is 2.31. The largest absolute Gasteiger partial charge is 0.469 e. The maximum absolute atomic E-state index is 7.03. The van der Waals surface area contributed by atoms with Gasteiger partial charge in [0, 0.05) is 17.6 Å². The van der Waals surface area contributed by atoms with E-state index in [1.54, 1.807) is 0 Å². The number of nitrogens with one attached hydrogen (secondary N) is 1. The lowest BCUT2D eigenvalue weighted by Gasteiger charge is -2.50. The van der Waals surface area contributed by atoms with Gasteiger partial charge < -0.3 is 14.6 Å². The molecule has 1 aromatic carbocycles. The van der Waals surface area contributed by atoms with E-state index < -0.39 is 0 Å². The highest BCUT2D eigenvalue weighted by Crippen LogP contribution is 2.53. The molecule has 1 N–H and O–H groups in total. The van der Waals surface area contributed by atoms with Gasteiger partial charge in [-0.15, -0.1) is 13.2 Å². The fourth-order valence-electron chi connectivity index (χ4n) is 9.83. The van der Waals surface area contributed by atoms with Gasteiger partial charge in [-0.05, 0) is 132 Å². The van der Waals surface area contributed by atoms with Gasteiger partial charge in [-0.1, -0.05) is 176 Å². The Kier molecular flexibility index (Phi) is 15.3. The van der Waals surface area contributed by atoms with Crippen molar-refractivity contribution >= 4 is 29.6 Å². The maximum atomic E-state index is 7.03. The molecule has 1 radical (unpaired) electrons. The topological polar surface area (TPSA) is 28.4 Å². The van der Waals surface area contributed by atoms with Gasteiger partial charge >= 0.3 is 0 Å². The molecule has 1 saturated carbocycles. The Labute approximate surface area is 381 Å². The summed E-state index contributed by atoms with van der Waals surface area (Å²) >= 11 is 0. The Morgan fingerprint density at radius 2 is 1.55 bits per heavy atom. The first-order chi connectivity index (χ1) is 28.8. The second-order valence-electron chi connectivity index (χ2n) is 23.8. The van der Waals surface area contributed by atoms with Gasteiger partial charge in [0.15, 0.2) is 0 Å². The minimum absolute atomic E-state index is 0.0281. The molecule has 0 bridgehead atoms. The van der Waals surface area contributed by atoms with E-state index in [2.05, 4.69) is 226 Å². The highest BCUT2D eigenvalue weighted by molar-refractivity contribution is 6.63. The van der Waals surface area contributed by atoms with Crippen LogP contribution in [-0.4, -0.2) is 19.4 Å². The van der Waals surface area contributed by atoms with E-state index in [1.807, 2.05) is 0 Å². The van der Waals surface area contributed by atoms with Gasteiger partial charge in [0.1, 0.15) is 5.58 Å². The molecule has 1 heterocycles. The van der Waals surface area contributed by atoms with Crippen LogP contribution in [0, 0.1) is 44.8 Å². The van der Waals surface area contributed by atoms with E-state index in [9.17, 15) is 0 Å². The Balaban J connectivity index is 1.70. The van der Waals surface area contributed by atoms with Crippen LogP contribution < -0.4 is 15.9 Å². The van der Waals surface area contributed by atoms with Gasteiger partial charge in [-0.3, -0.25) is 0 Å². The summed E-state index contributed by atoms with van der Waals surface area (Å²) in [5, 5.41) is 5.03. The van der Waals surface area contributed by atoms with Crippen molar-refractivity contribution in [2.45, 2.75) is 173 Å². The van der Waals surface area contributed by atoms with Gasteiger partial charge in [0.2, 0.25) is 7.28 Å². The number of nitrogens with zero attached hydrogens (tertiary/aromatic N) is 1. The summed E-state index contributed by atoms with van der Waals surface area (Å²) in [6.07, 6.45) is 37.1. The number of hydrogen-bond donors (Lipinski definition) is 1. The van der Waals surface area contributed by atoms with Crippen LogP contribution in [0.25, 0.3) is 11.0 Å². The standard InChI is InChI=1S/C58H86BN2O/c1-18-22-45(29-37-60-49-28-32-55(10,11)34-33-54(8,9)31-27-41(49)4)61(38-30-48-47(19-2)57(14,15)35-36-58(48,16)17)51-46-40-42(53(5,6)7)25-26-50(46)62-52(51)59-44-24-21-23-43(39-44)56(12,13)20-3/h18-19,24-32,37-41,45,47-49,60H,1-2,20-23,33-36H2,3-17H3/b31-27+,32-28+,37-29+,38-30+. The molecule has 0 aliphatic heterocycles. The molecule has 0 amide bonds. The Morgan fingerprint density at radius 1 is 0.903 bits per heavy atom. The van der Waals surface area contributed by atoms with Crippen LogP contribution in [0.1, 0.15) is 161 Å². The summed E-state index contributed by atoms with van der Waals surface area (Å²) in [6.45, 7) is 44.3. The summed E-state index contributed by atoms with van der Waals surface area (Å²) in [5.74, 6) is 0.976. The Morgan fingerprint density at radius 3 is 2.16 bits per heavy atom. The third kappa shape index (κ3) is 11.9. The van der Waals surface area contributed by atoms with Crippen molar-refractivity contribution in [1.29, 1.82) is 0 Å². The van der Waals surface area contributed by atoms with Crippen molar-refractivity contribution in [3.8, 4) is 0 Å². The molecule has 3 nitrogen and oxygen atoms in total. The zero-order valence-corrected chi connectivity index (χ0v) is 42.1. The number of rotatable bonds is 14. The molecular weight excluding hydrogens is 751 g/mol. The van der Waals surface area contributed by atoms with E-state index >= 15 is 0 Å². The number of fused-ring (bicyclic) bond motifs is 1. The van der Waals surface area contributed by atoms with E-state index in [-0.39, 0.29) is 44.6 Å². The van der Waals surface area contributed by atoms with Gasteiger partial charge in [-0.25, -0.2) is 0 Å². The zero-order chi connectivity index (χ0) is 45.9. The normalized spacial score (nSPS) is 26.6. The zero-order valence-electron chi connectivity index (χ0n) is 42.1. The summed E-state index contributed by atoms with van der Waals surface area (Å²) in [5.41, 5.74) is 7.63. The lowest BCUT2D eigenvalue weighted by Crippen LogP contribution is -2.43. The molecule has 5 unspecified atom stereocenters. The van der Waals surface area contributed by atoms with Crippen LogP contribution in [0.3, 0.4) is 0 Å². The van der Waals surface area contributed by atoms with E-state index in [0.717, 1.165) is 54.4 Å². The van der Waals surface area contributed by atoms with E-state index in [4.69, 9.17) is 4.42 Å². The maximum Gasteiger partial charge on any atom is 0.243 e. The smallest absolute Gasteiger partial charge is 0.243 e. The third-order valence-corrected chi connectivity index (χ3v) is 15.3. The molecule has 3 aliphatic carbocycles. The first kappa shape index (κ1) is 49.4. The van der Waals surface area contributed by atoms with E-state index in [1.165, 1.54) is 35.9 Å². The SMILES string of the molecule is C=CCC(/C=C/NC1/C=C/C(C)(C)CCC(C)(C)/C=C/C1C)N(/C=C/C1C(C=C)C(C)(C)CCC1(C)C)c1c([B]C2=CCCC(C(C)(C)CC)=C2)oc2ccc(C(C)(C)C)cc12. The molecule has 5 rings (SSSR count). The fraction of sp³-hybridized carbons (Fsp3) is 0.586. The molecular formula is C58H86BN2O. The van der Waals surface area contributed by atoms with Crippen molar-refractivity contribution in [3.05, 3.63) is 121 Å². The van der Waals surface area contributed by atoms with Crippen LogP contribution in [0.2, 0.25) is 0 Å². The first-order valence-electron chi connectivity index (χ1n) is 24.2. The van der Waals surface area contributed by atoms with Gasteiger partial charge in [-0.2, -0.15) is 0 Å². The quantitative estimate of drug-likeness (QED) is 0.152. The Hall–Kier alpha value is -3.66. The average molecular weight is 838 g/mol. The van der Waals surface area contributed by atoms with Crippen LogP contribution in [0.4, 0.5) is 5.69 Å². The number of anilines is 1. The highest BCUT2D eigenvalue weighted by atomic mass is 16.3. The summed E-state index contributed by atoms with van der Waals surface area (Å²) in [6, 6.07) is 6.94. The van der Waals surface area contributed by atoms with Crippen molar-refractivity contribution in [1.82, 2.24) is 5.32 Å². The first-order valence-corrected chi connectivity index (χ1v) is 24.2. The fourth-order valence-corrected chi connectivity index (χ4v) is 9.83. The molecule has 3 aliphatic rings. The second-order valence-corrected chi connectivity index (χ2v) is 23.8. The molecule has 4 heteroatoms. The predicted octanol–water partition coefficient (Wildman–Crippen LogP) is 15.7. The van der Waals surface area contributed by atoms with Crippen LogP contribution >= 0.6 is 0 Å². The summed E-state index contributed by atoms with van der Waals surface area (Å²) in [4.78, 5) is 2.52. The molecule has 1 fully saturated rings. The molecule has 5 atom stereocenters. The summed E-state index contributed by atoms with van der Waals surface area (Å²) < 4.78 is 7.03. The number of hydrogen-bond acceptors (Lipinski definition) is 3. The van der Waals surface area contributed by atoms with Crippen LogP contribution in [0.15, 0.2) is 120 Å². The Bertz CT molecular complexity index is 2070. The predicted molar refractivity (Wildman–Crippen MR) is 274 cm³/mol. The van der Waals surface area contributed by atoms with E-state index in [0.29, 0.717) is 17.8 Å². The minimum Gasteiger partial charge on any atom is -0.469 e. The van der Waals surface area contributed by atoms with Crippen LogP contribution in [-0.2, 0) is 5.41 Å². The van der Waals surface area contributed by atoms with Gasteiger partial charge in [0.25, 0.3) is 0 Å². The molecule has 2 aromatic rings. The monoisotopic (exact) mass is 838 g/mol. The van der Waals surface area contributed by atoms with Crippen molar-refractivity contribution in [2.24, 2.45) is 44.8 Å². The molecule has 1 aromatic heterocycles. The van der Waals surface area contributed by atoms with Crippen molar-refractivity contribution in [2.75, 3.05) is 4.90 Å². The molecule has 337 valence electrons. The number of allylic oxidation sites excluding steroid dienone is 8. The van der Waals surface area contributed by atoms with Gasteiger partial charge in [0.05, 0.1) is 17.4 Å². The molecule has 62 heavy (non-hydrogen) atoms. The number of furan rings is 1. The minimum atomic E-state index is -0.0421. The van der Waals surface area contributed by atoms with Crippen LogP contribution in [0.5, 0.6) is 0 Å².